The molecule has 2 heterocycles. The van der Waals surface area contributed by atoms with Crippen LogP contribution in [0.2, 0.25) is 0 Å². The molecule has 0 fully saturated rings. The molecule has 0 unspecified atom stereocenters. The number of nitrogens with one attached hydrogen (secondary N) is 2. The molecule has 0 bridgehead atoms. The molecule has 0 saturated carbocycles. The van der Waals surface area contributed by atoms with Gasteiger partial charge in [-0.1, -0.05) is 6.92 Å². The van der Waals surface area contributed by atoms with Crippen molar-refractivity contribution in [3.05, 3.63) is 17.0 Å². The van der Waals surface area contributed by atoms with Crippen LogP contribution in [-0.2, 0) is 24.4 Å². The maximum atomic E-state index is 12.1. The average molecular weight is 282 g/mol. The highest BCUT2D eigenvalue weighted by molar-refractivity contribution is 5.75. The van der Waals surface area contributed by atoms with Gasteiger partial charge in [-0.2, -0.15) is 5.10 Å². The zero-order chi connectivity index (χ0) is 14.5. The summed E-state index contributed by atoms with van der Waals surface area (Å²) >= 11 is 0. The fourth-order valence-corrected chi connectivity index (χ4v) is 2.10. The van der Waals surface area contributed by atoms with E-state index in [1.165, 1.54) is 0 Å². The van der Waals surface area contributed by atoms with Gasteiger partial charge in [-0.15, -0.1) is 0 Å². The number of hydrogen-bond acceptors (Lipinski definition) is 4. The second kappa shape index (κ2) is 6.71. The van der Waals surface area contributed by atoms with Crippen LogP contribution < -0.4 is 5.32 Å². The van der Waals surface area contributed by atoms with E-state index in [9.17, 15) is 4.79 Å². The first kappa shape index (κ1) is 14.8. The summed E-state index contributed by atoms with van der Waals surface area (Å²) < 4.78 is 5.28. The average Bonchev–Trinajstić information content (AvgIpc) is 3.00. The van der Waals surface area contributed by atoms with Gasteiger partial charge in [0.05, 0.1) is 44.3 Å². The summed E-state index contributed by atoms with van der Waals surface area (Å²) in [6, 6.07) is 0.123. The molecule has 2 rings (SSSR count). The number of nitrogens with zero attached hydrogens (tertiary/aromatic N) is 2. The summed E-state index contributed by atoms with van der Waals surface area (Å²) in [7, 11) is 0. The minimum absolute atomic E-state index is 0.00392. The Balaban J connectivity index is 1.92. The van der Waals surface area contributed by atoms with Gasteiger partial charge >= 0.3 is 6.03 Å². The third-order valence-corrected chi connectivity index (χ3v) is 3.48. The molecule has 1 aromatic heterocycles. The number of carbonyl (C=O) groups is 1. The zero-order valence-electron chi connectivity index (χ0n) is 12.0. The maximum absolute atomic E-state index is 12.1. The number of urea groups is 1. The van der Waals surface area contributed by atoms with E-state index >= 15 is 0 Å². The van der Waals surface area contributed by atoms with E-state index in [1.54, 1.807) is 4.90 Å². The van der Waals surface area contributed by atoms with Gasteiger partial charge in [0.15, 0.2) is 0 Å². The van der Waals surface area contributed by atoms with Crippen LogP contribution in [0.1, 0.15) is 37.2 Å². The predicted molar refractivity (Wildman–Crippen MR) is 72.9 cm³/mol. The molecular formula is C13H22N4O3. The van der Waals surface area contributed by atoms with Crippen molar-refractivity contribution in [1.29, 1.82) is 0 Å². The molecule has 0 saturated heterocycles. The molecule has 0 aromatic carbocycles. The molecule has 0 spiro atoms. The lowest BCUT2D eigenvalue weighted by Crippen LogP contribution is -2.41. The summed E-state index contributed by atoms with van der Waals surface area (Å²) in [5.41, 5.74) is 2.81. The van der Waals surface area contributed by atoms with Crippen LogP contribution in [-0.4, -0.2) is 45.5 Å². The van der Waals surface area contributed by atoms with Gasteiger partial charge in [0, 0.05) is 11.6 Å². The Kier molecular flexibility index (Phi) is 4.97. The number of ether oxygens (including phenoxy) is 1. The monoisotopic (exact) mass is 282 g/mol. The number of aliphatic hydroxyl groups is 1. The highest BCUT2D eigenvalue weighted by Gasteiger charge is 2.28. The minimum atomic E-state index is -0.0498. The quantitative estimate of drug-likeness (QED) is 0.671. The summed E-state index contributed by atoms with van der Waals surface area (Å²) in [6.45, 7) is 5.76. The fraction of sp³-hybridized carbons (Fsp3) is 0.692. The van der Waals surface area contributed by atoms with Gasteiger partial charge < -0.3 is 20.1 Å². The van der Waals surface area contributed by atoms with Crippen LogP contribution in [0.3, 0.4) is 0 Å². The van der Waals surface area contributed by atoms with Crippen molar-refractivity contribution in [3.63, 3.8) is 0 Å². The first-order valence-electron chi connectivity index (χ1n) is 6.94. The van der Waals surface area contributed by atoms with Gasteiger partial charge in [0.25, 0.3) is 0 Å². The Morgan fingerprint density at radius 1 is 1.60 bits per heavy atom. The SMILES string of the molecule is CC[C@H](C)NC(=O)N1Cc2[nH]nc(COCCO)c2C1. The van der Waals surface area contributed by atoms with E-state index in [0.29, 0.717) is 26.3 Å². The molecule has 7 nitrogen and oxygen atoms in total. The number of amides is 2. The normalized spacial score (nSPS) is 15.2. The van der Waals surface area contributed by atoms with Gasteiger partial charge in [0.2, 0.25) is 0 Å². The topological polar surface area (TPSA) is 90.5 Å². The Bertz CT molecular complexity index is 460. The molecule has 7 heteroatoms. The molecule has 2 amide bonds. The number of hydrogen-bond donors (Lipinski definition) is 3. The molecule has 3 N–H and O–H groups in total. The lowest BCUT2D eigenvalue weighted by Gasteiger charge is -2.19. The first-order chi connectivity index (χ1) is 9.65. The summed E-state index contributed by atoms with van der Waals surface area (Å²) in [6.07, 6.45) is 0.909. The highest BCUT2D eigenvalue weighted by atomic mass is 16.5. The fourth-order valence-electron chi connectivity index (χ4n) is 2.10. The van der Waals surface area contributed by atoms with E-state index in [0.717, 1.165) is 23.4 Å². The van der Waals surface area contributed by atoms with Crippen molar-refractivity contribution < 1.29 is 14.6 Å². The van der Waals surface area contributed by atoms with Crippen molar-refractivity contribution in [2.24, 2.45) is 0 Å². The Morgan fingerprint density at radius 2 is 2.40 bits per heavy atom. The Labute approximate surface area is 118 Å². The number of aromatic nitrogens is 2. The van der Waals surface area contributed by atoms with E-state index in [2.05, 4.69) is 15.5 Å². The second-order valence-corrected chi connectivity index (χ2v) is 5.02. The first-order valence-corrected chi connectivity index (χ1v) is 6.94. The van der Waals surface area contributed by atoms with Crippen LogP contribution >= 0.6 is 0 Å². The Hall–Kier alpha value is -1.60. The van der Waals surface area contributed by atoms with E-state index < -0.39 is 0 Å². The lowest BCUT2D eigenvalue weighted by atomic mass is 10.2. The molecule has 1 atom stereocenters. The smallest absolute Gasteiger partial charge is 0.318 e. The van der Waals surface area contributed by atoms with E-state index in [1.807, 2.05) is 13.8 Å². The van der Waals surface area contributed by atoms with E-state index in [4.69, 9.17) is 9.84 Å². The number of H-pyrrole nitrogens is 1. The highest BCUT2D eigenvalue weighted by Crippen LogP contribution is 2.24. The van der Waals surface area contributed by atoms with E-state index in [-0.39, 0.29) is 18.7 Å². The largest absolute Gasteiger partial charge is 0.394 e. The maximum Gasteiger partial charge on any atom is 0.318 e. The van der Waals surface area contributed by atoms with Gasteiger partial charge in [-0.3, -0.25) is 5.10 Å². The molecule has 0 aliphatic carbocycles. The zero-order valence-corrected chi connectivity index (χ0v) is 12.0. The van der Waals surface area contributed by atoms with Crippen molar-refractivity contribution in [1.82, 2.24) is 20.4 Å². The van der Waals surface area contributed by atoms with Crippen molar-refractivity contribution in [3.8, 4) is 0 Å². The molecular weight excluding hydrogens is 260 g/mol. The third kappa shape index (κ3) is 3.29. The minimum Gasteiger partial charge on any atom is -0.394 e. The molecule has 0 radical (unpaired) electrons. The molecule has 112 valence electrons. The van der Waals surface area contributed by atoms with Crippen LogP contribution in [0.4, 0.5) is 4.79 Å². The second-order valence-electron chi connectivity index (χ2n) is 5.02. The van der Waals surface area contributed by atoms with Crippen LogP contribution in [0, 0.1) is 0 Å². The molecule has 1 aliphatic rings. The van der Waals surface area contributed by atoms with Crippen molar-refractivity contribution in [2.45, 2.75) is 46.0 Å². The van der Waals surface area contributed by atoms with Gasteiger partial charge in [-0.25, -0.2) is 4.79 Å². The van der Waals surface area contributed by atoms with Gasteiger partial charge in [-0.05, 0) is 13.3 Å². The summed E-state index contributed by atoms with van der Waals surface area (Å²) in [4.78, 5) is 13.8. The summed E-state index contributed by atoms with van der Waals surface area (Å²) in [5, 5.41) is 18.8. The van der Waals surface area contributed by atoms with Crippen molar-refractivity contribution in [2.75, 3.05) is 13.2 Å². The summed E-state index contributed by atoms with van der Waals surface area (Å²) in [5.74, 6) is 0. The molecule has 1 aromatic rings. The Morgan fingerprint density at radius 3 is 3.10 bits per heavy atom. The number of carbonyl (C=O) groups excluding carboxylic acids is 1. The number of fused-ring (bicyclic) bond motifs is 1. The third-order valence-electron chi connectivity index (χ3n) is 3.48. The van der Waals surface area contributed by atoms with Crippen LogP contribution in [0.25, 0.3) is 0 Å². The lowest BCUT2D eigenvalue weighted by molar-refractivity contribution is 0.0791. The molecule has 20 heavy (non-hydrogen) atoms. The number of aliphatic hydroxyl groups excluding tert-OH is 1. The molecule has 1 aliphatic heterocycles. The number of rotatable bonds is 6. The standard InChI is InChI=1S/C13H22N4O3/c1-3-9(2)14-13(19)17-6-10-11(7-17)15-16-12(10)8-20-5-4-18/h9,18H,3-8H2,1-2H3,(H,14,19)(H,15,16)/t9-/m0/s1. The van der Waals surface area contributed by atoms with Gasteiger partial charge in [0.1, 0.15) is 0 Å². The van der Waals surface area contributed by atoms with Crippen molar-refractivity contribution >= 4 is 6.03 Å². The number of aromatic amines is 1. The van der Waals surface area contributed by atoms with Crippen LogP contribution in [0.5, 0.6) is 0 Å². The predicted octanol–water partition coefficient (Wildman–Crippen LogP) is 0.742. The van der Waals surface area contributed by atoms with Crippen LogP contribution in [0.15, 0.2) is 0 Å².